The molecule has 0 bridgehead atoms. The van der Waals surface area contributed by atoms with E-state index < -0.39 is 17.8 Å². The lowest BCUT2D eigenvalue weighted by atomic mass is 9.95. The van der Waals surface area contributed by atoms with Crippen LogP contribution in [0.2, 0.25) is 0 Å². The molecular formula is C13H12BrFN2O2S. The van der Waals surface area contributed by atoms with Crippen molar-refractivity contribution in [2.45, 2.75) is 13.0 Å². The molecular weight excluding hydrogens is 347 g/mol. The van der Waals surface area contributed by atoms with E-state index in [0.29, 0.717) is 26.4 Å². The number of hydrogen-bond donors (Lipinski definition) is 2. The summed E-state index contributed by atoms with van der Waals surface area (Å²) < 4.78 is 19.5. The second-order valence-corrected chi connectivity index (χ2v) is 5.55. The van der Waals surface area contributed by atoms with Gasteiger partial charge < -0.3 is 15.4 Å². The van der Waals surface area contributed by atoms with Gasteiger partial charge in [-0.15, -0.1) is 0 Å². The van der Waals surface area contributed by atoms with Crippen LogP contribution in [0.4, 0.5) is 4.39 Å². The van der Waals surface area contributed by atoms with Gasteiger partial charge in [0.15, 0.2) is 5.11 Å². The summed E-state index contributed by atoms with van der Waals surface area (Å²) in [6.45, 7) is 1.70. The summed E-state index contributed by atoms with van der Waals surface area (Å²) in [5, 5.41) is 6.07. The Morgan fingerprint density at radius 2 is 2.20 bits per heavy atom. The average Bonchev–Trinajstić information content (AvgIpc) is 2.40. The molecule has 1 aromatic rings. The highest BCUT2D eigenvalue weighted by molar-refractivity contribution is 9.10. The molecule has 0 aliphatic carbocycles. The van der Waals surface area contributed by atoms with Crippen LogP contribution in [0.5, 0.6) is 0 Å². The van der Waals surface area contributed by atoms with Gasteiger partial charge in [0.1, 0.15) is 5.82 Å². The number of thiocarbonyl (C=S) groups is 1. The lowest BCUT2D eigenvalue weighted by molar-refractivity contribution is -0.136. The number of benzene rings is 1. The first kappa shape index (κ1) is 14.9. The fourth-order valence-corrected chi connectivity index (χ4v) is 2.69. The Kier molecular flexibility index (Phi) is 4.39. The first-order chi connectivity index (χ1) is 9.43. The lowest BCUT2D eigenvalue weighted by Gasteiger charge is -2.29. The number of ether oxygens (including phenoxy) is 1. The zero-order valence-corrected chi connectivity index (χ0v) is 13.2. The molecule has 0 amide bonds. The predicted molar refractivity (Wildman–Crippen MR) is 80.4 cm³/mol. The maximum absolute atomic E-state index is 14.0. The largest absolute Gasteiger partial charge is 0.466 e. The molecule has 0 fully saturated rings. The van der Waals surface area contributed by atoms with Gasteiger partial charge in [-0.05, 0) is 37.3 Å². The molecule has 1 aromatic carbocycles. The number of rotatable bonds is 2. The van der Waals surface area contributed by atoms with E-state index in [-0.39, 0.29) is 0 Å². The molecule has 4 nitrogen and oxygen atoms in total. The normalized spacial score (nSPS) is 18.4. The van der Waals surface area contributed by atoms with E-state index >= 15 is 0 Å². The van der Waals surface area contributed by atoms with E-state index in [1.165, 1.54) is 13.2 Å². The Morgan fingerprint density at radius 1 is 1.50 bits per heavy atom. The van der Waals surface area contributed by atoms with Crippen LogP contribution in [0.1, 0.15) is 18.5 Å². The fraction of sp³-hybridized carbons (Fsp3) is 0.231. The van der Waals surface area contributed by atoms with Crippen molar-refractivity contribution in [3.63, 3.8) is 0 Å². The Labute approximate surface area is 129 Å². The standard InChI is InChI=1S/C13H12BrFN2O2S/c1-6-10(12(18)19-2)11(17-13(20)16-6)8-5-7(14)3-4-9(8)15/h3-5,11H,1-2H3,(H2,16,17,20). The van der Waals surface area contributed by atoms with E-state index in [9.17, 15) is 9.18 Å². The zero-order valence-electron chi connectivity index (χ0n) is 10.8. The second-order valence-electron chi connectivity index (χ2n) is 4.23. The average molecular weight is 359 g/mol. The molecule has 106 valence electrons. The van der Waals surface area contributed by atoms with Crippen molar-refractivity contribution < 1.29 is 13.9 Å². The Balaban J connectivity index is 2.56. The molecule has 1 aliphatic rings. The minimum absolute atomic E-state index is 0.304. The molecule has 0 spiro atoms. The van der Waals surface area contributed by atoms with Crippen LogP contribution in [-0.2, 0) is 9.53 Å². The highest BCUT2D eigenvalue weighted by Gasteiger charge is 2.32. The number of carbonyl (C=O) groups is 1. The minimum atomic E-state index is -0.686. The van der Waals surface area contributed by atoms with Crippen molar-refractivity contribution in [1.29, 1.82) is 0 Å². The van der Waals surface area contributed by atoms with Crippen LogP contribution in [0.3, 0.4) is 0 Å². The Hall–Kier alpha value is -1.47. The van der Waals surface area contributed by atoms with Crippen LogP contribution in [0.15, 0.2) is 33.9 Å². The van der Waals surface area contributed by atoms with Crippen LogP contribution in [0, 0.1) is 5.82 Å². The molecule has 2 rings (SSSR count). The third kappa shape index (κ3) is 2.83. The molecule has 20 heavy (non-hydrogen) atoms. The van der Waals surface area contributed by atoms with Gasteiger partial charge in [0.05, 0.1) is 18.7 Å². The summed E-state index contributed by atoms with van der Waals surface area (Å²) in [4.78, 5) is 11.9. The summed E-state index contributed by atoms with van der Waals surface area (Å²) in [6, 6.07) is 3.84. The quantitative estimate of drug-likeness (QED) is 0.628. The second kappa shape index (κ2) is 5.88. The number of nitrogens with one attached hydrogen (secondary N) is 2. The molecule has 1 heterocycles. The van der Waals surface area contributed by atoms with E-state index in [1.54, 1.807) is 19.1 Å². The lowest BCUT2D eigenvalue weighted by Crippen LogP contribution is -2.45. The van der Waals surface area contributed by atoms with Crippen molar-refractivity contribution in [2.75, 3.05) is 7.11 Å². The van der Waals surface area contributed by atoms with E-state index in [2.05, 4.69) is 26.6 Å². The number of carbonyl (C=O) groups excluding carboxylic acids is 1. The van der Waals surface area contributed by atoms with Gasteiger partial charge in [-0.3, -0.25) is 0 Å². The molecule has 1 atom stereocenters. The third-order valence-electron chi connectivity index (χ3n) is 2.94. The van der Waals surface area contributed by atoms with Gasteiger partial charge in [-0.2, -0.15) is 0 Å². The van der Waals surface area contributed by atoms with Gasteiger partial charge in [-0.1, -0.05) is 15.9 Å². The topological polar surface area (TPSA) is 50.4 Å². The van der Waals surface area contributed by atoms with Crippen molar-refractivity contribution in [3.05, 3.63) is 45.3 Å². The highest BCUT2D eigenvalue weighted by Crippen LogP contribution is 2.30. The van der Waals surface area contributed by atoms with Crippen LogP contribution in [-0.4, -0.2) is 18.2 Å². The molecule has 0 saturated carbocycles. The Morgan fingerprint density at radius 3 is 2.85 bits per heavy atom. The van der Waals surface area contributed by atoms with E-state index in [1.807, 2.05) is 0 Å². The molecule has 0 saturated heterocycles. The smallest absolute Gasteiger partial charge is 0.337 e. The van der Waals surface area contributed by atoms with Crippen molar-refractivity contribution in [3.8, 4) is 0 Å². The number of allylic oxidation sites excluding steroid dienone is 1. The summed E-state index contributed by atoms with van der Waals surface area (Å²) in [5.74, 6) is -0.959. The summed E-state index contributed by atoms with van der Waals surface area (Å²) in [6.07, 6.45) is 0. The minimum Gasteiger partial charge on any atom is -0.466 e. The molecule has 1 unspecified atom stereocenters. The van der Waals surface area contributed by atoms with Gasteiger partial charge in [0.25, 0.3) is 0 Å². The van der Waals surface area contributed by atoms with Crippen LogP contribution < -0.4 is 10.6 Å². The number of methoxy groups -OCH3 is 1. The molecule has 0 aromatic heterocycles. The molecule has 2 N–H and O–H groups in total. The highest BCUT2D eigenvalue weighted by atomic mass is 79.9. The van der Waals surface area contributed by atoms with E-state index in [0.717, 1.165) is 0 Å². The number of halogens is 2. The number of hydrogen-bond acceptors (Lipinski definition) is 3. The van der Waals surface area contributed by atoms with Crippen LogP contribution >= 0.6 is 28.1 Å². The SMILES string of the molecule is COC(=O)C1=C(C)NC(=S)NC1c1cc(Br)ccc1F. The molecule has 1 aliphatic heterocycles. The zero-order chi connectivity index (χ0) is 14.9. The summed E-state index contributed by atoms with van der Waals surface area (Å²) >= 11 is 8.36. The number of esters is 1. The summed E-state index contributed by atoms with van der Waals surface area (Å²) in [5.41, 5.74) is 1.17. The van der Waals surface area contributed by atoms with Gasteiger partial charge in [0, 0.05) is 15.7 Å². The van der Waals surface area contributed by atoms with Crippen LogP contribution in [0.25, 0.3) is 0 Å². The van der Waals surface area contributed by atoms with Crippen molar-refractivity contribution in [1.82, 2.24) is 10.6 Å². The van der Waals surface area contributed by atoms with Gasteiger partial charge in [-0.25, -0.2) is 9.18 Å². The fourth-order valence-electron chi connectivity index (χ4n) is 2.04. The van der Waals surface area contributed by atoms with Crippen molar-refractivity contribution in [2.24, 2.45) is 0 Å². The molecule has 0 radical (unpaired) electrons. The van der Waals surface area contributed by atoms with E-state index in [4.69, 9.17) is 17.0 Å². The van der Waals surface area contributed by atoms with Gasteiger partial charge in [0.2, 0.25) is 0 Å². The Bertz CT molecular complexity index is 618. The van der Waals surface area contributed by atoms with Gasteiger partial charge >= 0.3 is 5.97 Å². The maximum Gasteiger partial charge on any atom is 0.337 e. The van der Waals surface area contributed by atoms with Crippen molar-refractivity contribution >= 4 is 39.2 Å². The third-order valence-corrected chi connectivity index (χ3v) is 3.66. The maximum atomic E-state index is 14.0. The summed E-state index contributed by atoms with van der Waals surface area (Å²) in [7, 11) is 1.28. The first-order valence-electron chi connectivity index (χ1n) is 5.75. The molecule has 7 heteroatoms. The monoisotopic (exact) mass is 358 g/mol. The first-order valence-corrected chi connectivity index (χ1v) is 6.95. The predicted octanol–water partition coefficient (Wildman–Crippen LogP) is 2.55.